The van der Waals surface area contributed by atoms with Gasteiger partial charge in [0.15, 0.2) is 0 Å². The molecule has 4 aromatic rings. The third-order valence-electron chi connectivity index (χ3n) is 6.16. The molecular weight excluding hydrogens is 345 g/mol. The zero-order valence-corrected chi connectivity index (χ0v) is 15.0. The van der Waals surface area contributed by atoms with Crippen LogP contribution in [0.1, 0.15) is 22.4 Å². The Labute approximate surface area is 163 Å². The molecular formula is C24H16BNO2. The minimum atomic E-state index is -1.53. The van der Waals surface area contributed by atoms with E-state index >= 15 is 0 Å². The van der Waals surface area contributed by atoms with Crippen molar-refractivity contribution in [3.8, 4) is 22.3 Å². The van der Waals surface area contributed by atoms with Crippen molar-refractivity contribution in [2.75, 3.05) is 0 Å². The quantitative estimate of drug-likeness (QED) is 0.443. The molecule has 0 radical (unpaired) electrons. The summed E-state index contributed by atoms with van der Waals surface area (Å²) < 4.78 is 0. The van der Waals surface area contributed by atoms with Crippen molar-refractivity contribution in [3.63, 3.8) is 0 Å². The van der Waals surface area contributed by atoms with Crippen LogP contribution in [0.3, 0.4) is 0 Å². The maximum Gasteiger partial charge on any atom is 0.489 e. The second-order valence-electron chi connectivity index (χ2n) is 7.38. The van der Waals surface area contributed by atoms with E-state index in [1.54, 1.807) is 6.07 Å². The number of benzene rings is 3. The summed E-state index contributed by atoms with van der Waals surface area (Å²) in [6.07, 6.45) is 1.85. The van der Waals surface area contributed by atoms with Gasteiger partial charge in [0.1, 0.15) is 0 Å². The second-order valence-corrected chi connectivity index (χ2v) is 7.38. The third kappa shape index (κ3) is 1.70. The highest BCUT2D eigenvalue weighted by atomic mass is 16.4. The zero-order chi connectivity index (χ0) is 18.9. The Morgan fingerprint density at radius 1 is 0.643 bits per heavy atom. The predicted molar refractivity (Wildman–Crippen MR) is 110 cm³/mol. The van der Waals surface area contributed by atoms with Gasteiger partial charge in [-0.1, -0.05) is 72.8 Å². The molecule has 1 atom stereocenters. The van der Waals surface area contributed by atoms with Crippen molar-refractivity contribution in [2.24, 2.45) is 0 Å². The van der Waals surface area contributed by atoms with Crippen LogP contribution in [0.4, 0.5) is 0 Å². The molecule has 2 N–H and O–H groups in total. The minimum absolute atomic E-state index is 0.531. The Hall–Kier alpha value is -3.21. The Bertz CT molecular complexity index is 1220. The maximum atomic E-state index is 10.1. The number of hydrogen-bond acceptors (Lipinski definition) is 3. The van der Waals surface area contributed by atoms with Gasteiger partial charge >= 0.3 is 7.12 Å². The van der Waals surface area contributed by atoms with Crippen molar-refractivity contribution < 1.29 is 10.0 Å². The zero-order valence-electron chi connectivity index (χ0n) is 15.0. The highest BCUT2D eigenvalue weighted by molar-refractivity contribution is 6.60. The first kappa shape index (κ1) is 15.8. The molecule has 3 nitrogen and oxygen atoms in total. The summed E-state index contributed by atoms with van der Waals surface area (Å²) in [7, 11) is -1.53. The van der Waals surface area contributed by atoms with Crippen LogP contribution in [0, 0.1) is 0 Å². The molecule has 0 saturated carbocycles. The van der Waals surface area contributed by atoms with Crippen LogP contribution >= 0.6 is 0 Å². The lowest BCUT2D eigenvalue weighted by atomic mass is 9.70. The van der Waals surface area contributed by atoms with Gasteiger partial charge in [-0.2, -0.15) is 0 Å². The normalized spacial score (nSPS) is 17.8. The Kier molecular flexibility index (Phi) is 3.06. The van der Waals surface area contributed by atoms with Crippen LogP contribution in [-0.4, -0.2) is 22.2 Å². The van der Waals surface area contributed by atoms with E-state index in [-0.39, 0.29) is 0 Å². The van der Waals surface area contributed by atoms with E-state index < -0.39 is 12.5 Å². The molecule has 132 valence electrons. The van der Waals surface area contributed by atoms with Gasteiger partial charge in [-0.3, -0.25) is 4.98 Å². The fourth-order valence-electron chi connectivity index (χ4n) is 5.21. The number of fused-ring (bicyclic) bond motifs is 10. The fraction of sp³-hybridized carbons (Fsp3) is 0.0417. The topological polar surface area (TPSA) is 53.4 Å². The lowest BCUT2D eigenvalue weighted by Crippen LogP contribution is -2.33. The number of aromatic nitrogens is 1. The van der Waals surface area contributed by atoms with Gasteiger partial charge in [0.05, 0.1) is 11.1 Å². The van der Waals surface area contributed by atoms with E-state index in [1.165, 1.54) is 11.1 Å². The van der Waals surface area contributed by atoms with Crippen molar-refractivity contribution >= 4 is 12.6 Å². The highest BCUT2D eigenvalue weighted by Crippen LogP contribution is 2.61. The number of rotatable bonds is 1. The molecule has 2 aliphatic carbocycles. The average Bonchev–Trinajstić information content (AvgIpc) is 3.21. The van der Waals surface area contributed by atoms with Crippen molar-refractivity contribution in [1.29, 1.82) is 0 Å². The molecule has 2 aliphatic rings. The van der Waals surface area contributed by atoms with E-state index in [4.69, 9.17) is 4.98 Å². The monoisotopic (exact) mass is 361 g/mol. The van der Waals surface area contributed by atoms with Crippen LogP contribution in [0.2, 0.25) is 0 Å². The van der Waals surface area contributed by atoms with Gasteiger partial charge in [0.25, 0.3) is 0 Å². The van der Waals surface area contributed by atoms with E-state index in [0.717, 1.165) is 33.5 Å². The Morgan fingerprint density at radius 3 is 2.07 bits per heavy atom. The molecule has 1 heterocycles. The molecule has 1 spiro atoms. The lowest BCUT2D eigenvalue weighted by Gasteiger charge is -2.29. The summed E-state index contributed by atoms with van der Waals surface area (Å²) in [5.74, 6) is 0. The predicted octanol–water partition coefficient (Wildman–Crippen LogP) is 3.10. The largest absolute Gasteiger partial charge is 0.489 e. The number of pyridine rings is 1. The molecule has 1 unspecified atom stereocenters. The van der Waals surface area contributed by atoms with E-state index in [9.17, 15) is 10.0 Å². The molecule has 4 heteroatoms. The smallest absolute Gasteiger partial charge is 0.423 e. The van der Waals surface area contributed by atoms with Crippen LogP contribution in [0.25, 0.3) is 22.3 Å². The first-order valence-electron chi connectivity index (χ1n) is 9.39. The summed E-state index contributed by atoms with van der Waals surface area (Å²) in [5.41, 5.74) is 8.65. The molecule has 28 heavy (non-hydrogen) atoms. The molecule has 0 saturated heterocycles. The Morgan fingerprint density at radius 2 is 1.29 bits per heavy atom. The van der Waals surface area contributed by atoms with Crippen LogP contribution in [0.5, 0.6) is 0 Å². The van der Waals surface area contributed by atoms with Crippen LogP contribution in [-0.2, 0) is 5.41 Å². The average molecular weight is 361 g/mol. The number of nitrogens with zero attached hydrogens (tertiary/aromatic N) is 1. The molecule has 6 rings (SSSR count). The molecule has 3 aromatic carbocycles. The molecule has 1 aromatic heterocycles. The summed E-state index contributed by atoms with van der Waals surface area (Å²) in [6, 6.07) is 26.6. The number of hydrogen-bond donors (Lipinski definition) is 2. The fourth-order valence-corrected chi connectivity index (χ4v) is 5.21. The standard InChI is InChI=1S/C24H16BNO2/c27-25(28)21-13-5-12-20-22(21)17-8-2-4-11-19(17)24(20)18-10-3-1-7-15(18)16-9-6-14-26-23(16)24/h1-14,27-28H. The molecule has 0 amide bonds. The molecule has 0 aliphatic heterocycles. The molecule has 0 bridgehead atoms. The van der Waals surface area contributed by atoms with Gasteiger partial charge < -0.3 is 10.0 Å². The van der Waals surface area contributed by atoms with Crippen molar-refractivity contribution in [1.82, 2.24) is 4.98 Å². The van der Waals surface area contributed by atoms with Gasteiger partial charge in [-0.25, -0.2) is 0 Å². The Balaban J connectivity index is 1.86. The third-order valence-corrected chi connectivity index (χ3v) is 6.16. The van der Waals surface area contributed by atoms with E-state index in [0.29, 0.717) is 5.46 Å². The minimum Gasteiger partial charge on any atom is -0.423 e. The first-order valence-corrected chi connectivity index (χ1v) is 9.39. The highest BCUT2D eigenvalue weighted by Gasteiger charge is 2.53. The van der Waals surface area contributed by atoms with Crippen LogP contribution < -0.4 is 5.46 Å². The summed E-state index contributed by atoms with van der Waals surface area (Å²) >= 11 is 0. The lowest BCUT2D eigenvalue weighted by molar-refractivity contribution is 0.426. The van der Waals surface area contributed by atoms with E-state index in [2.05, 4.69) is 48.5 Å². The van der Waals surface area contributed by atoms with Gasteiger partial charge in [0, 0.05) is 11.8 Å². The summed E-state index contributed by atoms with van der Waals surface area (Å²) in [6.45, 7) is 0. The first-order chi connectivity index (χ1) is 13.7. The summed E-state index contributed by atoms with van der Waals surface area (Å²) in [5, 5.41) is 20.2. The SMILES string of the molecule is OB(O)c1cccc2c1-c1ccccc1C21c2ccccc2-c2cccnc21. The van der Waals surface area contributed by atoms with E-state index in [1.807, 2.05) is 30.5 Å². The van der Waals surface area contributed by atoms with Gasteiger partial charge in [0.2, 0.25) is 0 Å². The molecule has 0 fully saturated rings. The van der Waals surface area contributed by atoms with Crippen molar-refractivity contribution in [2.45, 2.75) is 5.41 Å². The second kappa shape index (κ2) is 5.41. The van der Waals surface area contributed by atoms with Gasteiger partial charge in [-0.15, -0.1) is 0 Å². The maximum absolute atomic E-state index is 10.1. The van der Waals surface area contributed by atoms with Crippen LogP contribution in [0.15, 0.2) is 85.1 Å². The van der Waals surface area contributed by atoms with Crippen molar-refractivity contribution in [3.05, 3.63) is 107 Å². The van der Waals surface area contributed by atoms with Gasteiger partial charge in [-0.05, 0) is 44.9 Å². The summed E-state index contributed by atoms with van der Waals surface area (Å²) in [4.78, 5) is 4.86.